The average Bonchev–Trinajstić information content (AvgIpc) is 3.47. The number of morpholine rings is 1. The van der Waals surface area contributed by atoms with E-state index in [0.29, 0.717) is 25.4 Å². The van der Waals surface area contributed by atoms with Crippen molar-refractivity contribution >= 4 is 27.5 Å². The van der Waals surface area contributed by atoms with E-state index in [1.807, 2.05) is 24.3 Å². The second-order valence-corrected chi connectivity index (χ2v) is 10.7. The molecule has 0 spiro atoms. The lowest BCUT2D eigenvalue weighted by Crippen LogP contribution is -2.50. The van der Waals surface area contributed by atoms with Crippen molar-refractivity contribution in [2.24, 2.45) is 0 Å². The Kier molecular flexibility index (Phi) is 7.00. The molecule has 0 radical (unpaired) electrons. The Morgan fingerprint density at radius 3 is 2.49 bits per heavy atom. The van der Waals surface area contributed by atoms with Crippen LogP contribution >= 0.6 is 0 Å². The van der Waals surface area contributed by atoms with Crippen molar-refractivity contribution in [1.29, 1.82) is 0 Å². The van der Waals surface area contributed by atoms with Crippen molar-refractivity contribution in [2.75, 3.05) is 38.7 Å². The third-order valence-corrected chi connectivity index (χ3v) is 8.48. The maximum Gasteiger partial charge on any atom is 0.290 e. The number of nitrogens with zero attached hydrogens (tertiary/aromatic N) is 2. The standard InChI is InChI=1S/C26H27N3O7S/c1-34-23-9-8-20(37(32,33)28-10-13-35-14-11-28)16-21(23)27-25(30)22-15-18-5-2-3-6-19(18)17-29(22)26(31)24-7-4-12-36-24/h2-9,12,16,22H,10-11,13-15,17H2,1H3,(H,27,30)/t22-/m0/s1. The van der Waals surface area contributed by atoms with E-state index in [2.05, 4.69) is 5.32 Å². The first-order valence-electron chi connectivity index (χ1n) is 11.9. The van der Waals surface area contributed by atoms with Crippen LogP contribution in [0.25, 0.3) is 0 Å². The van der Waals surface area contributed by atoms with Gasteiger partial charge >= 0.3 is 0 Å². The molecule has 1 N–H and O–H groups in total. The van der Waals surface area contributed by atoms with Gasteiger partial charge in [0.25, 0.3) is 5.91 Å². The molecule has 0 bridgehead atoms. The molecule has 0 unspecified atom stereocenters. The quantitative estimate of drug-likeness (QED) is 0.525. The lowest BCUT2D eigenvalue weighted by atomic mass is 9.93. The monoisotopic (exact) mass is 525 g/mol. The van der Waals surface area contributed by atoms with Crippen molar-refractivity contribution in [2.45, 2.75) is 23.9 Å². The number of nitrogens with one attached hydrogen (secondary N) is 1. The Labute approximate surface area is 214 Å². The van der Waals surface area contributed by atoms with Crippen LogP contribution in [-0.2, 0) is 32.5 Å². The fourth-order valence-corrected chi connectivity index (χ4v) is 6.04. The van der Waals surface area contributed by atoms with Gasteiger partial charge in [0.1, 0.15) is 11.8 Å². The van der Waals surface area contributed by atoms with Crippen molar-refractivity contribution in [1.82, 2.24) is 9.21 Å². The highest BCUT2D eigenvalue weighted by atomic mass is 32.2. The molecule has 37 heavy (non-hydrogen) atoms. The Morgan fingerprint density at radius 1 is 1.03 bits per heavy atom. The van der Waals surface area contributed by atoms with Crippen molar-refractivity contribution in [3.8, 4) is 5.75 Å². The number of furan rings is 1. The van der Waals surface area contributed by atoms with Crippen LogP contribution in [0, 0.1) is 0 Å². The Balaban J connectivity index is 1.45. The largest absolute Gasteiger partial charge is 0.495 e. The summed E-state index contributed by atoms with van der Waals surface area (Å²) in [4.78, 5) is 28.4. The van der Waals surface area contributed by atoms with E-state index in [4.69, 9.17) is 13.9 Å². The number of rotatable bonds is 6. The molecule has 10 nitrogen and oxygen atoms in total. The first kappa shape index (κ1) is 25.0. The van der Waals surface area contributed by atoms with E-state index in [9.17, 15) is 18.0 Å². The minimum Gasteiger partial charge on any atom is -0.495 e. The first-order valence-corrected chi connectivity index (χ1v) is 13.3. The molecule has 5 rings (SSSR count). The topological polar surface area (TPSA) is 118 Å². The number of sulfonamides is 1. The van der Waals surface area contributed by atoms with E-state index >= 15 is 0 Å². The van der Waals surface area contributed by atoms with Gasteiger partial charge in [0.2, 0.25) is 15.9 Å². The number of carbonyl (C=O) groups is 2. The van der Waals surface area contributed by atoms with Gasteiger partial charge in [-0.1, -0.05) is 24.3 Å². The normalized spacial score (nSPS) is 18.2. The molecule has 3 aromatic rings. The summed E-state index contributed by atoms with van der Waals surface area (Å²) >= 11 is 0. The highest BCUT2D eigenvalue weighted by molar-refractivity contribution is 7.89. The minimum atomic E-state index is -3.79. The number of amides is 2. The summed E-state index contributed by atoms with van der Waals surface area (Å²) < 4.78 is 43.7. The van der Waals surface area contributed by atoms with E-state index in [0.717, 1.165) is 11.1 Å². The molecule has 0 aliphatic carbocycles. The smallest absolute Gasteiger partial charge is 0.290 e. The second kappa shape index (κ2) is 10.4. The zero-order valence-electron chi connectivity index (χ0n) is 20.3. The Hall–Kier alpha value is -3.67. The van der Waals surface area contributed by atoms with Gasteiger partial charge in [0.05, 0.1) is 37.2 Å². The van der Waals surface area contributed by atoms with Crippen LogP contribution in [-0.4, -0.2) is 68.9 Å². The maximum atomic E-state index is 13.6. The van der Waals surface area contributed by atoms with E-state index < -0.39 is 27.9 Å². The van der Waals surface area contributed by atoms with E-state index in [1.54, 1.807) is 12.1 Å². The Bertz CT molecular complexity index is 1400. The minimum absolute atomic E-state index is 0.0306. The third-order valence-electron chi connectivity index (χ3n) is 6.58. The molecular formula is C26H27N3O7S. The number of carbonyl (C=O) groups excluding carboxylic acids is 2. The first-order chi connectivity index (χ1) is 17.9. The molecule has 0 saturated carbocycles. The summed E-state index contributed by atoms with van der Waals surface area (Å²) in [5.41, 5.74) is 2.11. The summed E-state index contributed by atoms with van der Waals surface area (Å²) in [5.74, 6) is -0.438. The Morgan fingerprint density at radius 2 is 1.78 bits per heavy atom. The number of hydrogen-bond donors (Lipinski definition) is 1. The van der Waals surface area contributed by atoms with Crippen LogP contribution < -0.4 is 10.1 Å². The molecule has 1 saturated heterocycles. The molecule has 3 heterocycles. The molecule has 2 aliphatic heterocycles. The van der Waals surface area contributed by atoms with Crippen LogP contribution in [0.2, 0.25) is 0 Å². The highest BCUT2D eigenvalue weighted by Crippen LogP contribution is 2.31. The van der Waals surface area contributed by atoms with Crippen LogP contribution in [0.1, 0.15) is 21.7 Å². The van der Waals surface area contributed by atoms with Crippen molar-refractivity contribution < 1.29 is 31.9 Å². The van der Waals surface area contributed by atoms with Crippen molar-refractivity contribution in [3.63, 3.8) is 0 Å². The molecule has 1 aromatic heterocycles. The lowest BCUT2D eigenvalue weighted by molar-refractivity contribution is -0.121. The lowest BCUT2D eigenvalue weighted by Gasteiger charge is -2.35. The molecule has 11 heteroatoms. The molecule has 1 atom stereocenters. The SMILES string of the molecule is COc1ccc(S(=O)(=O)N2CCOCC2)cc1NC(=O)[C@@H]1Cc2ccccc2CN1C(=O)c1ccco1. The number of fused-ring (bicyclic) bond motifs is 1. The van der Waals surface area contributed by atoms with Gasteiger partial charge in [-0.3, -0.25) is 9.59 Å². The summed E-state index contributed by atoms with van der Waals surface area (Å²) in [6, 6.07) is 14.3. The van der Waals surface area contributed by atoms with Gasteiger partial charge < -0.3 is 24.1 Å². The molecular weight excluding hydrogens is 498 g/mol. The van der Waals surface area contributed by atoms with Gasteiger partial charge in [0.15, 0.2) is 5.76 Å². The number of hydrogen-bond acceptors (Lipinski definition) is 7. The van der Waals surface area contributed by atoms with Gasteiger partial charge in [-0.25, -0.2) is 8.42 Å². The molecule has 2 amide bonds. The van der Waals surface area contributed by atoms with Crippen LogP contribution in [0.15, 0.2) is 70.2 Å². The number of ether oxygens (including phenoxy) is 2. The number of methoxy groups -OCH3 is 1. The zero-order valence-corrected chi connectivity index (χ0v) is 21.1. The number of anilines is 1. The van der Waals surface area contributed by atoms with E-state index in [-0.39, 0.29) is 36.0 Å². The summed E-state index contributed by atoms with van der Waals surface area (Å²) in [7, 11) is -2.36. The van der Waals surface area contributed by atoms with Gasteiger partial charge in [-0.15, -0.1) is 0 Å². The fourth-order valence-electron chi connectivity index (χ4n) is 4.61. The zero-order chi connectivity index (χ0) is 26.0. The van der Waals surface area contributed by atoms with Crippen LogP contribution in [0.4, 0.5) is 5.69 Å². The second-order valence-electron chi connectivity index (χ2n) is 8.77. The van der Waals surface area contributed by atoms with Crippen LogP contribution in [0.5, 0.6) is 5.75 Å². The highest BCUT2D eigenvalue weighted by Gasteiger charge is 2.36. The van der Waals surface area contributed by atoms with Crippen LogP contribution in [0.3, 0.4) is 0 Å². The summed E-state index contributed by atoms with van der Waals surface area (Å²) in [6.07, 6.45) is 1.70. The summed E-state index contributed by atoms with van der Waals surface area (Å²) in [6.45, 7) is 1.38. The molecule has 1 fully saturated rings. The predicted molar refractivity (Wildman–Crippen MR) is 134 cm³/mol. The third kappa shape index (κ3) is 4.97. The van der Waals surface area contributed by atoms with Crippen molar-refractivity contribution in [3.05, 3.63) is 77.7 Å². The molecule has 2 aliphatic rings. The van der Waals surface area contributed by atoms with Gasteiger partial charge in [-0.05, 0) is 41.5 Å². The summed E-state index contributed by atoms with van der Waals surface area (Å²) in [5, 5.41) is 2.81. The molecule has 194 valence electrons. The maximum absolute atomic E-state index is 13.6. The van der Waals surface area contributed by atoms with Gasteiger partial charge in [0, 0.05) is 26.1 Å². The predicted octanol–water partition coefficient (Wildman–Crippen LogP) is 2.51. The number of benzene rings is 2. The molecule has 2 aromatic carbocycles. The fraction of sp³-hybridized carbons (Fsp3) is 0.308. The van der Waals surface area contributed by atoms with Gasteiger partial charge in [-0.2, -0.15) is 4.31 Å². The average molecular weight is 526 g/mol. The van der Waals surface area contributed by atoms with E-state index in [1.165, 1.54) is 40.8 Å².